The molecule has 1 saturated carbocycles. The van der Waals surface area contributed by atoms with Crippen LogP contribution in [0.4, 0.5) is 4.39 Å². The zero-order valence-electron chi connectivity index (χ0n) is 11.2. The molecule has 3 aliphatic rings. The van der Waals surface area contributed by atoms with E-state index in [1.165, 1.54) is 25.9 Å². The molecule has 0 aromatic rings. The van der Waals surface area contributed by atoms with E-state index in [9.17, 15) is 4.39 Å². The molecule has 3 rings (SSSR count). The van der Waals surface area contributed by atoms with Crippen molar-refractivity contribution in [2.24, 2.45) is 17.3 Å². The highest BCUT2D eigenvalue weighted by atomic mass is 19.1. The fraction of sp³-hybridized carbons (Fsp3) is 0.733. The van der Waals surface area contributed by atoms with Crippen molar-refractivity contribution in [3.63, 3.8) is 0 Å². The fourth-order valence-electron chi connectivity index (χ4n) is 3.55. The monoisotopic (exact) mass is 250 g/mol. The van der Waals surface area contributed by atoms with Gasteiger partial charge in [0, 0.05) is 12.0 Å². The van der Waals surface area contributed by atoms with Gasteiger partial charge in [-0.3, -0.25) is 0 Å². The molecule has 1 heterocycles. The summed E-state index contributed by atoms with van der Waals surface area (Å²) in [5.74, 6) is 1.27. The van der Waals surface area contributed by atoms with Gasteiger partial charge < -0.3 is 10.2 Å². The Balaban J connectivity index is 1.50. The number of halogens is 1. The van der Waals surface area contributed by atoms with E-state index in [-0.39, 0.29) is 11.2 Å². The maximum Gasteiger partial charge on any atom is 0.119 e. The molecule has 0 aromatic carbocycles. The topological polar surface area (TPSA) is 15.3 Å². The molecule has 0 radical (unpaired) electrons. The summed E-state index contributed by atoms with van der Waals surface area (Å²) >= 11 is 0. The Hall–Kier alpha value is -0.670. The van der Waals surface area contributed by atoms with E-state index < -0.39 is 0 Å². The molecule has 2 aliphatic carbocycles. The number of piperidine rings is 1. The van der Waals surface area contributed by atoms with E-state index in [1.807, 2.05) is 13.1 Å². The molecular formula is C15H23FN2. The first kappa shape index (κ1) is 12.4. The van der Waals surface area contributed by atoms with Crippen molar-refractivity contribution < 1.29 is 4.39 Å². The average molecular weight is 250 g/mol. The third kappa shape index (κ3) is 2.39. The highest BCUT2D eigenvalue weighted by Crippen LogP contribution is 2.57. The molecule has 1 aliphatic heterocycles. The number of allylic oxidation sites excluding steroid dienone is 3. The van der Waals surface area contributed by atoms with E-state index >= 15 is 0 Å². The molecule has 2 unspecified atom stereocenters. The highest BCUT2D eigenvalue weighted by molar-refractivity contribution is 5.33. The van der Waals surface area contributed by atoms with Crippen molar-refractivity contribution in [2.45, 2.75) is 19.3 Å². The molecule has 0 aromatic heterocycles. The second-order valence-electron chi connectivity index (χ2n) is 6.21. The predicted molar refractivity (Wildman–Crippen MR) is 72.0 cm³/mol. The van der Waals surface area contributed by atoms with Crippen LogP contribution in [0.1, 0.15) is 19.3 Å². The third-order valence-electron chi connectivity index (χ3n) is 4.83. The SMILES string of the molecule is CNCC1CCN(CC23C=CC(F)=CC2C3)CC1. The van der Waals surface area contributed by atoms with Gasteiger partial charge in [-0.15, -0.1) is 0 Å². The molecule has 2 fully saturated rings. The van der Waals surface area contributed by atoms with E-state index in [4.69, 9.17) is 0 Å². The second-order valence-corrected chi connectivity index (χ2v) is 6.21. The average Bonchev–Trinajstić information content (AvgIpc) is 3.05. The van der Waals surface area contributed by atoms with Crippen LogP contribution in [0.15, 0.2) is 24.1 Å². The summed E-state index contributed by atoms with van der Waals surface area (Å²) in [6.45, 7) is 4.70. The van der Waals surface area contributed by atoms with Crippen LogP contribution in [0.2, 0.25) is 0 Å². The molecule has 2 nitrogen and oxygen atoms in total. The van der Waals surface area contributed by atoms with E-state index in [0.29, 0.717) is 5.92 Å². The first-order valence-corrected chi connectivity index (χ1v) is 7.15. The van der Waals surface area contributed by atoms with Crippen molar-refractivity contribution >= 4 is 0 Å². The molecule has 18 heavy (non-hydrogen) atoms. The maximum absolute atomic E-state index is 13.1. The fourth-order valence-corrected chi connectivity index (χ4v) is 3.55. The van der Waals surface area contributed by atoms with Gasteiger partial charge in [0.25, 0.3) is 0 Å². The Labute approximate surface area is 109 Å². The van der Waals surface area contributed by atoms with Gasteiger partial charge in [0.1, 0.15) is 5.83 Å². The Morgan fingerprint density at radius 3 is 2.89 bits per heavy atom. The van der Waals surface area contributed by atoms with Crippen LogP contribution in [0, 0.1) is 17.3 Å². The second kappa shape index (κ2) is 4.78. The van der Waals surface area contributed by atoms with Crippen molar-refractivity contribution in [2.75, 3.05) is 33.2 Å². The van der Waals surface area contributed by atoms with Crippen LogP contribution in [-0.2, 0) is 0 Å². The number of likely N-dealkylation sites (tertiary alicyclic amines) is 1. The van der Waals surface area contributed by atoms with Crippen molar-refractivity contribution in [1.82, 2.24) is 10.2 Å². The lowest BCUT2D eigenvalue weighted by molar-refractivity contribution is 0.162. The lowest BCUT2D eigenvalue weighted by Gasteiger charge is -2.34. The molecule has 100 valence electrons. The summed E-state index contributed by atoms with van der Waals surface area (Å²) < 4.78 is 13.1. The van der Waals surface area contributed by atoms with Crippen LogP contribution >= 0.6 is 0 Å². The summed E-state index contributed by atoms with van der Waals surface area (Å²) in [6.07, 6.45) is 9.34. The van der Waals surface area contributed by atoms with Crippen LogP contribution < -0.4 is 5.32 Å². The lowest BCUT2D eigenvalue weighted by Crippen LogP contribution is -2.40. The van der Waals surface area contributed by atoms with Gasteiger partial charge in [0.2, 0.25) is 0 Å². The molecule has 0 spiro atoms. The maximum atomic E-state index is 13.1. The summed E-state index contributed by atoms with van der Waals surface area (Å²) in [6, 6.07) is 0. The van der Waals surface area contributed by atoms with Crippen LogP contribution in [0.25, 0.3) is 0 Å². The number of hydrogen-bond donors (Lipinski definition) is 1. The zero-order chi connectivity index (χ0) is 12.6. The Morgan fingerprint density at radius 1 is 1.44 bits per heavy atom. The Kier molecular flexibility index (Phi) is 3.29. The van der Waals surface area contributed by atoms with Crippen LogP contribution in [0.3, 0.4) is 0 Å². The number of nitrogens with one attached hydrogen (secondary N) is 1. The zero-order valence-corrected chi connectivity index (χ0v) is 11.2. The minimum atomic E-state index is -0.0409. The summed E-state index contributed by atoms with van der Waals surface area (Å²) in [4.78, 5) is 2.58. The van der Waals surface area contributed by atoms with E-state index in [0.717, 1.165) is 25.4 Å². The molecule has 1 N–H and O–H groups in total. The van der Waals surface area contributed by atoms with Crippen LogP contribution in [-0.4, -0.2) is 38.1 Å². The quantitative estimate of drug-likeness (QED) is 0.824. The molecule has 2 atom stereocenters. The molecule has 1 saturated heterocycles. The Bertz CT molecular complexity index is 369. The van der Waals surface area contributed by atoms with Crippen molar-refractivity contribution in [1.29, 1.82) is 0 Å². The summed E-state index contributed by atoms with van der Waals surface area (Å²) in [5, 5.41) is 3.28. The summed E-state index contributed by atoms with van der Waals surface area (Å²) in [7, 11) is 2.04. The minimum absolute atomic E-state index is 0.0409. The molecular weight excluding hydrogens is 227 g/mol. The lowest BCUT2D eigenvalue weighted by atomic mass is 9.93. The van der Waals surface area contributed by atoms with Gasteiger partial charge in [-0.2, -0.15) is 0 Å². The standard InChI is InChI=1S/C15H23FN2/c1-17-10-12-3-6-18(7-4-12)11-15-5-2-14(16)8-13(15)9-15/h2,5,8,12-13,17H,3-4,6-7,9-11H2,1H3. The number of fused-ring (bicyclic) bond motifs is 1. The Morgan fingerprint density at radius 2 is 2.22 bits per heavy atom. The van der Waals surface area contributed by atoms with Gasteiger partial charge in [0.05, 0.1) is 0 Å². The predicted octanol–water partition coefficient (Wildman–Crippen LogP) is 2.35. The third-order valence-corrected chi connectivity index (χ3v) is 4.83. The van der Waals surface area contributed by atoms with Gasteiger partial charge in [-0.05, 0) is 69.9 Å². The van der Waals surface area contributed by atoms with Crippen molar-refractivity contribution in [3.8, 4) is 0 Å². The molecule has 0 bridgehead atoms. The molecule has 3 heteroatoms. The first-order chi connectivity index (χ1) is 8.72. The van der Waals surface area contributed by atoms with Gasteiger partial charge >= 0.3 is 0 Å². The van der Waals surface area contributed by atoms with Gasteiger partial charge in [0.15, 0.2) is 0 Å². The van der Waals surface area contributed by atoms with Crippen molar-refractivity contribution in [3.05, 3.63) is 24.1 Å². The van der Waals surface area contributed by atoms with Crippen LogP contribution in [0.5, 0.6) is 0 Å². The number of rotatable bonds is 4. The number of nitrogens with zero attached hydrogens (tertiary/aromatic N) is 1. The van der Waals surface area contributed by atoms with E-state index in [1.54, 1.807) is 6.08 Å². The van der Waals surface area contributed by atoms with E-state index in [2.05, 4.69) is 16.3 Å². The van der Waals surface area contributed by atoms with Gasteiger partial charge in [-0.25, -0.2) is 4.39 Å². The summed E-state index contributed by atoms with van der Waals surface area (Å²) in [5.41, 5.74) is 0.283. The normalized spacial score (nSPS) is 36.3. The smallest absolute Gasteiger partial charge is 0.119 e. The largest absolute Gasteiger partial charge is 0.319 e. The number of hydrogen-bond acceptors (Lipinski definition) is 2. The minimum Gasteiger partial charge on any atom is -0.319 e. The highest BCUT2D eigenvalue weighted by Gasteiger charge is 2.53. The molecule has 0 amide bonds. The van der Waals surface area contributed by atoms with Gasteiger partial charge in [-0.1, -0.05) is 6.08 Å². The first-order valence-electron chi connectivity index (χ1n) is 7.15.